The second-order valence-electron chi connectivity index (χ2n) is 5.13. The van der Waals surface area contributed by atoms with Gasteiger partial charge in [-0.05, 0) is 5.56 Å². The highest BCUT2D eigenvalue weighted by molar-refractivity contribution is 7.90. The monoisotopic (exact) mass is 321 g/mol. The number of aryl methyl sites for hydroxylation is 1. The molecule has 0 aliphatic rings. The van der Waals surface area contributed by atoms with Crippen molar-refractivity contribution in [2.45, 2.75) is 19.4 Å². The SMILES string of the molecule is CCc1ncc(C(=O)N[C@H](CS(C)(=O)=O)c2ccccc2)[nH]1. The molecule has 0 spiro atoms. The van der Waals surface area contributed by atoms with Crippen LogP contribution < -0.4 is 5.32 Å². The highest BCUT2D eigenvalue weighted by atomic mass is 32.2. The second-order valence-corrected chi connectivity index (χ2v) is 7.31. The molecule has 1 amide bonds. The number of benzene rings is 1. The van der Waals surface area contributed by atoms with Crippen molar-refractivity contribution in [3.8, 4) is 0 Å². The summed E-state index contributed by atoms with van der Waals surface area (Å²) in [6.45, 7) is 1.93. The van der Waals surface area contributed by atoms with Crippen LogP contribution in [0.15, 0.2) is 36.5 Å². The zero-order valence-corrected chi connectivity index (χ0v) is 13.4. The van der Waals surface area contributed by atoms with Gasteiger partial charge in [-0.1, -0.05) is 37.3 Å². The van der Waals surface area contributed by atoms with Crippen molar-refractivity contribution in [2.75, 3.05) is 12.0 Å². The summed E-state index contributed by atoms with van der Waals surface area (Å²) in [5.74, 6) is 0.187. The van der Waals surface area contributed by atoms with E-state index in [9.17, 15) is 13.2 Å². The minimum Gasteiger partial charge on any atom is -0.343 e. The Morgan fingerprint density at radius 3 is 2.55 bits per heavy atom. The summed E-state index contributed by atoms with van der Waals surface area (Å²) >= 11 is 0. The summed E-state index contributed by atoms with van der Waals surface area (Å²) in [7, 11) is -3.24. The number of nitrogens with one attached hydrogen (secondary N) is 2. The van der Waals surface area contributed by atoms with Crippen molar-refractivity contribution < 1.29 is 13.2 Å². The van der Waals surface area contributed by atoms with Gasteiger partial charge in [-0.25, -0.2) is 13.4 Å². The Morgan fingerprint density at radius 2 is 2.00 bits per heavy atom. The third-order valence-electron chi connectivity index (χ3n) is 3.18. The summed E-state index contributed by atoms with van der Waals surface area (Å²) < 4.78 is 23.2. The van der Waals surface area contributed by atoms with Gasteiger partial charge < -0.3 is 10.3 Å². The largest absolute Gasteiger partial charge is 0.343 e. The number of sulfone groups is 1. The van der Waals surface area contributed by atoms with Gasteiger partial charge >= 0.3 is 0 Å². The van der Waals surface area contributed by atoms with Gasteiger partial charge in [0.1, 0.15) is 21.4 Å². The van der Waals surface area contributed by atoms with Gasteiger partial charge in [0, 0.05) is 12.7 Å². The average Bonchev–Trinajstić information content (AvgIpc) is 2.95. The molecule has 22 heavy (non-hydrogen) atoms. The summed E-state index contributed by atoms with van der Waals surface area (Å²) in [5, 5.41) is 2.75. The minimum absolute atomic E-state index is 0.155. The Morgan fingerprint density at radius 1 is 1.32 bits per heavy atom. The first-order chi connectivity index (χ1) is 10.4. The number of hydrogen-bond donors (Lipinski definition) is 2. The van der Waals surface area contributed by atoms with E-state index in [-0.39, 0.29) is 11.7 Å². The molecule has 2 N–H and O–H groups in total. The van der Waals surface area contributed by atoms with Gasteiger partial charge in [-0.15, -0.1) is 0 Å². The van der Waals surface area contributed by atoms with Crippen LogP contribution in [0.2, 0.25) is 0 Å². The van der Waals surface area contributed by atoms with Crippen LogP contribution in [0.1, 0.15) is 34.8 Å². The van der Waals surface area contributed by atoms with Crippen LogP contribution in [0.5, 0.6) is 0 Å². The van der Waals surface area contributed by atoms with Gasteiger partial charge in [0.05, 0.1) is 18.0 Å². The maximum absolute atomic E-state index is 12.3. The van der Waals surface area contributed by atoms with Crippen molar-refractivity contribution in [1.29, 1.82) is 0 Å². The number of H-pyrrole nitrogens is 1. The number of rotatable bonds is 6. The number of aromatic amines is 1. The highest BCUT2D eigenvalue weighted by Crippen LogP contribution is 2.15. The topological polar surface area (TPSA) is 91.9 Å². The van der Waals surface area contributed by atoms with Crippen molar-refractivity contribution in [3.63, 3.8) is 0 Å². The van der Waals surface area contributed by atoms with Crippen LogP contribution in [-0.2, 0) is 16.3 Å². The lowest BCUT2D eigenvalue weighted by Gasteiger charge is -2.18. The number of carbonyl (C=O) groups excluding carboxylic acids is 1. The van der Waals surface area contributed by atoms with Crippen LogP contribution in [0.3, 0.4) is 0 Å². The smallest absolute Gasteiger partial charge is 0.269 e. The van der Waals surface area contributed by atoms with E-state index in [1.165, 1.54) is 6.20 Å². The Bertz CT molecular complexity index is 738. The van der Waals surface area contributed by atoms with Crippen LogP contribution >= 0.6 is 0 Å². The molecule has 7 heteroatoms. The maximum Gasteiger partial charge on any atom is 0.269 e. The van der Waals surface area contributed by atoms with E-state index in [1.54, 1.807) is 12.1 Å². The summed E-state index contributed by atoms with van der Waals surface area (Å²) in [6, 6.07) is 8.44. The standard InChI is InChI=1S/C15H19N3O3S/c1-3-14-16-9-12(17-14)15(19)18-13(10-22(2,20)21)11-7-5-4-6-8-11/h4-9,13H,3,10H2,1-2H3,(H,16,17)(H,18,19)/t13-/m1/s1. The van der Waals surface area contributed by atoms with E-state index in [4.69, 9.17) is 0 Å². The fraction of sp³-hybridized carbons (Fsp3) is 0.333. The van der Waals surface area contributed by atoms with E-state index in [0.717, 1.165) is 11.8 Å². The summed E-state index contributed by atoms with van der Waals surface area (Å²) in [4.78, 5) is 19.3. The van der Waals surface area contributed by atoms with Crippen molar-refractivity contribution >= 4 is 15.7 Å². The second kappa shape index (κ2) is 6.74. The quantitative estimate of drug-likeness (QED) is 0.843. The molecule has 0 bridgehead atoms. The van der Waals surface area contributed by atoms with Crippen LogP contribution in [-0.4, -0.2) is 36.3 Å². The van der Waals surface area contributed by atoms with Crippen LogP contribution in [0, 0.1) is 0 Å². The van der Waals surface area contributed by atoms with E-state index in [1.807, 2.05) is 25.1 Å². The molecule has 1 aromatic carbocycles. The number of aromatic nitrogens is 2. The van der Waals surface area contributed by atoms with Gasteiger partial charge in [0.2, 0.25) is 0 Å². The molecule has 0 unspecified atom stereocenters. The molecule has 0 fully saturated rings. The molecule has 0 radical (unpaired) electrons. The van der Waals surface area contributed by atoms with E-state index >= 15 is 0 Å². The Labute approximate surface area is 129 Å². The third kappa shape index (κ3) is 4.42. The van der Waals surface area contributed by atoms with Crippen LogP contribution in [0.25, 0.3) is 0 Å². The minimum atomic E-state index is -3.24. The van der Waals surface area contributed by atoms with E-state index in [2.05, 4.69) is 15.3 Å². The molecule has 2 aromatic rings. The number of hydrogen-bond acceptors (Lipinski definition) is 4. The number of amides is 1. The summed E-state index contributed by atoms with van der Waals surface area (Å²) in [5.41, 5.74) is 1.07. The average molecular weight is 321 g/mol. The zero-order chi connectivity index (χ0) is 16.2. The molecule has 1 aromatic heterocycles. The number of nitrogens with zero attached hydrogens (tertiary/aromatic N) is 1. The lowest BCUT2D eigenvalue weighted by atomic mass is 10.1. The van der Waals surface area contributed by atoms with Crippen molar-refractivity contribution in [1.82, 2.24) is 15.3 Å². The molecule has 2 rings (SSSR count). The molecule has 6 nitrogen and oxygen atoms in total. The first-order valence-electron chi connectivity index (χ1n) is 6.96. The fourth-order valence-corrected chi connectivity index (χ4v) is 2.98. The number of imidazole rings is 1. The molecule has 0 saturated heterocycles. The first-order valence-corrected chi connectivity index (χ1v) is 9.02. The highest BCUT2D eigenvalue weighted by Gasteiger charge is 2.21. The molecule has 0 aliphatic heterocycles. The van der Waals surface area contributed by atoms with Crippen LogP contribution in [0.4, 0.5) is 0 Å². The third-order valence-corrected chi connectivity index (χ3v) is 4.12. The van der Waals surface area contributed by atoms with Crippen molar-refractivity contribution in [2.24, 2.45) is 0 Å². The molecular formula is C15H19N3O3S. The molecule has 0 aliphatic carbocycles. The predicted octanol–water partition coefficient (Wildman–Crippen LogP) is 1.49. The van der Waals surface area contributed by atoms with Gasteiger partial charge in [0.25, 0.3) is 5.91 Å². The molecule has 118 valence electrons. The lowest BCUT2D eigenvalue weighted by Crippen LogP contribution is -2.33. The Hall–Kier alpha value is -2.15. The Kier molecular flexibility index (Phi) is 4.97. The summed E-state index contributed by atoms with van der Waals surface area (Å²) in [6.07, 6.45) is 3.30. The van der Waals surface area contributed by atoms with Gasteiger partial charge in [-0.2, -0.15) is 0 Å². The predicted molar refractivity (Wildman–Crippen MR) is 84.3 cm³/mol. The van der Waals surface area contributed by atoms with E-state index < -0.39 is 15.9 Å². The maximum atomic E-state index is 12.3. The fourth-order valence-electron chi connectivity index (χ4n) is 2.10. The molecule has 0 saturated carbocycles. The van der Waals surface area contributed by atoms with E-state index in [0.29, 0.717) is 17.9 Å². The van der Waals surface area contributed by atoms with Gasteiger partial charge in [0.15, 0.2) is 0 Å². The molecular weight excluding hydrogens is 302 g/mol. The molecule has 1 heterocycles. The zero-order valence-electron chi connectivity index (χ0n) is 12.5. The first kappa shape index (κ1) is 16.2. The van der Waals surface area contributed by atoms with Gasteiger partial charge in [-0.3, -0.25) is 4.79 Å². The Balaban J connectivity index is 2.20. The van der Waals surface area contributed by atoms with Crippen molar-refractivity contribution in [3.05, 3.63) is 53.6 Å². The lowest BCUT2D eigenvalue weighted by molar-refractivity contribution is 0.0936. The molecule has 1 atom stereocenters. The normalized spacial score (nSPS) is 12.8. The number of carbonyl (C=O) groups is 1.